The summed E-state index contributed by atoms with van der Waals surface area (Å²) < 4.78 is 0. The summed E-state index contributed by atoms with van der Waals surface area (Å²) in [6, 6.07) is 5.13. The van der Waals surface area contributed by atoms with Gasteiger partial charge in [0.1, 0.15) is 6.29 Å². The van der Waals surface area contributed by atoms with E-state index in [4.69, 9.17) is 11.6 Å². The number of hydrogen-bond donors (Lipinski definition) is 0. The summed E-state index contributed by atoms with van der Waals surface area (Å²) >= 11 is 7.50. The van der Waals surface area contributed by atoms with Crippen LogP contribution in [0.25, 0.3) is 0 Å². The number of halogens is 1. The summed E-state index contributed by atoms with van der Waals surface area (Å²) in [7, 11) is 0. The van der Waals surface area contributed by atoms with Crippen molar-refractivity contribution in [3.8, 4) is 0 Å². The maximum absolute atomic E-state index is 12.0. The third kappa shape index (κ3) is 3.98. The number of carbonyl (C=O) groups excluding carboxylic acids is 2. The van der Waals surface area contributed by atoms with Crippen LogP contribution in [-0.4, -0.2) is 35.9 Å². The number of hydrogen-bond acceptors (Lipinski definition) is 3. The third-order valence-electron chi connectivity index (χ3n) is 3.15. The number of benzene rings is 1. The van der Waals surface area contributed by atoms with Gasteiger partial charge in [-0.25, -0.2) is 0 Å². The Kier molecular flexibility index (Phi) is 5.28. The monoisotopic (exact) mass is 297 g/mol. The van der Waals surface area contributed by atoms with Crippen molar-refractivity contribution < 1.29 is 9.59 Å². The lowest BCUT2D eigenvalue weighted by molar-refractivity contribution is -0.129. The van der Waals surface area contributed by atoms with Gasteiger partial charge < -0.3 is 4.90 Å². The van der Waals surface area contributed by atoms with Gasteiger partial charge in [-0.3, -0.25) is 9.59 Å². The first kappa shape index (κ1) is 14.4. The zero-order chi connectivity index (χ0) is 13.7. The predicted molar refractivity (Wildman–Crippen MR) is 78.0 cm³/mol. The minimum atomic E-state index is 0.167. The van der Waals surface area contributed by atoms with Crippen LogP contribution in [0.4, 0.5) is 0 Å². The highest BCUT2D eigenvalue weighted by atomic mass is 35.5. The van der Waals surface area contributed by atoms with Crippen LogP contribution < -0.4 is 0 Å². The standard InChI is InChI=1S/C14H16ClNO2S/c15-12-8-11(9-17)4-5-13(12)19-10-14(18)16-6-2-1-3-7-16/h4-5,8-9H,1-3,6-7,10H2. The number of amides is 1. The summed E-state index contributed by atoms with van der Waals surface area (Å²) in [5.41, 5.74) is 0.553. The lowest BCUT2D eigenvalue weighted by Crippen LogP contribution is -2.36. The van der Waals surface area contributed by atoms with Crippen molar-refractivity contribution in [1.82, 2.24) is 4.90 Å². The molecule has 0 atom stereocenters. The second-order valence-electron chi connectivity index (χ2n) is 4.54. The van der Waals surface area contributed by atoms with E-state index in [-0.39, 0.29) is 5.91 Å². The van der Waals surface area contributed by atoms with Gasteiger partial charge in [0, 0.05) is 23.5 Å². The summed E-state index contributed by atoms with van der Waals surface area (Å²) in [5, 5.41) is 0.529. The largest absolute Gasteiger partial charge is 0.342 e. The van der Waals surface area contributed by atoms with Gasteiger partial charge in [0.2, 0.25) is 5.91 Å². The lowest BCUT2D eigenvalue weighted by Gasteiger charge is -2.26. The van der Waals surface area contributed by atoms with Crippen molar-refractivity contribution >= 4 is 35.6 Å². The van der Waals surface area contributed by atoms with Gasteiger partial charge in [-0.05, 0) is 31.4 Å². The Morgan fingerprint density at radius 2 is 2.05 bits per heavy atom. The summed E-state index contributed by atoms with van der Waals surface area (Å²) in [6.45, 7) is 1.74. The van der Waals surface area contributed by atoms with Crippen molar-refractivity contribution in [2.75, 3.05) is 18.8 Å². The Bertz CT molecular complexity index is 473. The molecule has 102 valence electrons. The number of rotatable bonds is 4. The molecule has 0 spiro atoms. The SMILES string of the molecule is O=Cc1ccc(SCC(=O)N2CCCCC2)c(Cl)c1. The minimum absolute atomic E-state index is 0.167. The Hall–Kier alpha value is -1.00. The van der Waals surface area contributed by atoms with Crippen molar-refractivity contribution in [3.05, 3.63) is 28.8 Å². The number of carbonyl (C=O) groups is 2. The maximum Gasteiger partial charge on any atom is 0.232 e. The molecule has 1 aliphatic rings. The molecular formula is C14H16ClNO2S. The van der Waals surface area contributed by atoms with Crippen LogP contribution in [0, 0.1) is 0 Å². The zero-order valence-electron chi connectivity index (χ0n) is 10.6. The van der Waals surface area contributed by atoms with E-state index in [1.807, 2.05) is 4.90 Å². The van der Waals surface area contributed by atoms with Gasteiger partial charge in [0.15, 0.2) is 0 Å². The molecule has 1 heterocycles. The van der Waals surface area contributed by atoms with Crippen LogP contribution in [0.1, 0.15) is 29.6 Å². The smallest absolute Gasteiger partial charge is 0.232 e. The normalized spacial score (nSPS) is 15.3. The average Bonchev–Trinajstić information content (AvgIpc) is 2.46. The fraction of sp³-hybridized carbons (Fsp3) is 0.429. The summed E-state index contributed by atoms with van der Waals surface area (Å²) in [5.74, 6) is 0.570. The zero-order valence-corrected chi connectivity index (χ0v) is 12.2. The highest BCUT2D eigenvalue weighted by molar-refractivity contribution is 8.00. The molecule has 0 saturated carbocycles. The Morgan fingerprint density at radius 3 is 2.68 bits per heavy atom. The van der Waals surface area contributed by atoms with E-state index in [1.54, 1.807) is 18.2 Å². The second kappa shape index (κ2) is 6.96. The molecule has 0 aliphatic carbocycles. The molecule has 1 aromatic carbocycles. The van der Waals surface area contributed by atoms with E-state index in [2.05, 4.69) is 0 Å². The quantitative estimate of drug-likeness (QED) is 0.632. The molecular weight excluding hydrogens is 282 g/mol. The first-order valence-corrected chi connectivity index (χ1v) is 7.72. The average molecular weight is 298 g/mol. The van der Waals surface area contributed by atoms with Crippen LogP contribution in [0.2, 0.25) is 5.02 Å². The van der Waals surface area contributed by atoms with Gasteiger partial charge in [-0.1, -0.05) is 17.7 Å². The van der Waals surface area contributed by atoms with E-state index in [0.29, 0.717) is 16.3 Å². The molecule has 1 saturated heterocycles. The lowest BCUT2D eigenvalue weighted by atomic mass is 10.1. The maximum atomic E-state index is 12.0. The molecule has 1 amide bonds. The molecule has 0 N–H and O–H groups in total. The first-order valence-electron chi connectivity index (χ1n) is 6.36. The fourth-order valence-corrected chi connectivity index (χ4v) is 3.26. The molecule has 1 aliphatic heterocycles. The van der Waals surface area contributed by atoms with E-state index >= 15 is 0 Å². The Balaban J connectivity index is 1.91. The molecule has 0 unspecified atom stereocenters. The molecule has 0 aromatic heterocycles. The highest BCUT2D eigenvalue weighted by Crippen LogP contribution is 2.28. The number of piperidine rings is 1. The molecule has 1 fully saturated rings. The number of aldehydes is 1. The van der Waals surface area contributed by atoms with Crippen LogP contribution in [0.3, 0.4) is 0 Å². The van der Waals surface area contributed by atoms with Gasteiger partial charge in [0.05, 0.1) is 10.8 Å². The van der Waals surface area contributed by atoms with Crippen LogP contribution in [0.15, 0.2) is 23.1 Å². The van der Waals surface area contributed by atoms with Crippen LogP contribution >= 0.6 is 23.4 Å². The second-order valence-corrected chi connectivity index (χ2v) is 5.96. The van der Waals surface area contributed by atoms with Gasteiger partial charge >= 0.3 is 0 Å². The van der Waals surface area contributed by atoms with E-state index in [0.717, 1.165) is 37.1 Å². The number of thioether (sulfide) groups is 1. The summed E-state index contributed by atoms with van der Waals surface area (Å²) in [4.78, 5) is 25.4. The van der Waals surface area contributed by atoms with E-state index in [9.17, 15) is 9.59 Å². The fourth-order valence-electron chi connectivity index (χ4n) is 2.08. The predicted octanol–water partition coefficient (Wildman–Crippen LogP) is 3.26. The number of nitrogens with zero attached hydrogens (tertiary/aromatic N) is 1. The van der Waals surface area contributed by atoms with Crippen molar-refractivity contribution in [2.24, 2.45) is 0 Å². The van der Waals surface area contributed by atoms with Gasteiger partial charge in [-0.2, -0.15) is 0 Å². The van der Waals surface area contributed by atoms with Crippen LogP contribution in [-0.2, 0) is 4.79 Å². The number of likely N-dealkylation sites (tertiary alicyclic amines) is 1. The molecule has 1 aromatic rings. The van der Waals surface area contributed by atoms with Crippen molar-refractivity contribution in [1.29, 1.82) is 0 Å². The molecule has 0 radical (unpaired) electrons. The molecule has 19 heavy (non-hydrogen) atoms. The topological polar surface area (TPSA) is 37.4 Å². The first-order chi connectivity index (χ1) is 9.20. The third-order valence-corrected chi connectivity index (χ3v) is 4.63. The molecule has 3 nitrogen and oxygen atoms in total. The molecule has 5 heteroatoms. The molecule has 2 rings (SSSR count). The van der Waals surface area contributed by atoms with Crippen molar-refractivity contribution in [3.63, 3.8) is 0 Å². The Morgan fingerprint density at radius 1 is 1.32 bits per heavy atom. The van der Waals surface area contributed by atoms with Gasteiger partial charge in [0.25, 0.3) is 0 Å². The Labute approximate surface area is 122 Å². The van der Waals surface area contributed by atoms with Crippen molar-refractivity contribution in [2.45, 2.75) is 24.2 Å². The van der Waals surface area contributed by atoms with Crippen LogP contribution in [0.5, 0.6) is 0 Å². The van der Waals surface area contributed by atoms with Gasteiger partial charge in [-0.15, -0.1) is 11.8 Å². The minimum Gasteiger partial charge on any atom is -0.342 e. The van der Waals surface area contributed by atoms with E-state index in [1.165, 1.54) is 18.2 Å². The van der Waals surface area contributed by atoms with E-state index < -0.39 is 0 Å². The molecule has 0 bridgehead atoms. The summed E-state index contributed by atoms with van der Waals surface area (Å²) in [6.07, 6.45) is 4.19. The highest BCUT2D eigenvalue weighted by Gasteiger charge is 2.16.